The van der Waals surface area contributed by atoms with Crippen molar-refractivity contribution in [1.82, 2.24) is 52.5 Å². The van der Waals surface area contributed by atoms with Gasteiger partial charge in [0.15, 0.2) is 0 Å². The van der Waals surface area contributed by atoms with Crippen LogP contribution in [0.3, 0.4) is 0 Å². The van der Waals surface area contributed by atoms with Gasteiger partial charge in [-0.3, -0.25) is 43.2 Å². The number of benzene rings is 1. The Morgan fingerprint density at radius 3 is 2.20 bits per heavy atom. The number of carbonyl (C=O) groups is 9. The van der Waals surface area contributed by atoms with Gasteiger partial charge in [-0.25, -0.2) is 4.98 Å². The molecule has 54 heavy (non-hydrogen) atoms. The van der Waals surface area contributed by atoms with E-state index in [4.69, 9.17) is 5.73 Å². The number of H-pyrrole nitrogens is 1. The second-order valence-electron chi connectivity index (χ2n) is 12.6. The Morgan fingerprint density at radius 2 is 1.54 bits per heavy atom. The summed E-state index contributed by atoms with van der Waals surface area (Å²) in [4.78, 5) is 123. The number of aromatic nitrogens is 2. The summed E-state index contributed by atoms with van der Waals surface area (Å²) >= 11 is 0. The Labute approximate surface area is 310 Å². The highest BCUT2D eigenvalue weighted by Crippen LogP contribution is 2.07. The lowest BCUT2D eigenvalue weighted by molar-refractivity contribution is -0.135. The number of carbonyl (C=O) groups excluding carboxylic acids is 9. The van der Waals surface area contributed by atoms with E-state index in [1.807, 2.05) is 0 Å². The Hall–Kier alpha value is -6.34. The van der Waals surface area contributed by atoms with Crippen LogP contribution in [0.15, 0.2) is 42.9 Å². The third kappa shape index (κ3) is 14.7. The van der Waals surface area contributed by atoms with Crippen LogP contribution in [0.25, 0.3) is 0 Å². The molecule has 2 aromatic rings. The van der Waals surface area contributed by atoms with Gasteiger partial charge in [-0.1, -0.05) is 30.3 Å². The van der Waals surface area contributed by atoms with Gasteiger partial charge in [0.05, 0.1) is 25.8 Å². The standard InChI is InChI=1S/C34H47N11O9/c1-19-31(51)43-23(30(35)50)10-6-7-11-37-27(47)14-26(42-29(49)16-38-20(2)46)34(54)45-25(13-22-15-36-18-40-22)33(53)44-24(12-21-8-4-3-5-9-21)32(52)39-17-28(48)41-19/h3-5,8-9,15,18-19,23-26H,6-7,10-14,16-17H2,1-2H3,(H2,35,50)(H,36,40)(H,37,47)(H,38,46)(H,39,52)(H,41,48)(H,42,49)(H,43,51)(H,44,53)(H,45,54)/t19-,23?,24?,25-,26?/m0/s1. The lowest BCUT2D eigenvalue weighted by Crippen LogP contribution is -2.59. The number of nitrogens with one attached hydrogen (secondary N) is 9. The van der Waals surface area contributed by atoms with Crippen LogP contribution in [0.2, 0.25) is 0 Å². The average molecular weight is 754 g/mol. The van der Waals surface area contributed by atoms with Crippen LogP contribution in [0.5, 0.6) is 0 Å². The van der Waals surface area contributed by atoms with E-state index in [1.165, 1.54) is 26.4 Å². The van der Waals surface area contributed by atoms with Crippen LogP contribution in [0.1, 0.15) is 50.8 Å². The van der Waals surface area contributed by atoms with Crippen LogP contribution >= 0.6 is 0 Å². The molecule has 5 atom stereocenters. The first-order chi connectivity index (χ1) is 25.7. The van der Waals surface area contributed by atoms with Crippen molar-refractivity contribution in [3.05, 3.63) is 54.1 Å². The SMILES string of the molecule is CC(=O)NCC(=O)NC1CC(=O)NCCCCC(C(N)=O)NC(=O)[C@H](C)NC(=O)CNC(=O)C(Cc2ccccc2)NC(=O)[C@H](Cc2cnc[nH]2)NC1=O. The molecule has 2 heterocycles. The van der Waals surface area contributed by atoms with E-state index in [0.29, 0.717) is 24.1 Å². The minimum absolute atomic E-state index is 0.0277. The van der Waals surface area contributed by atoms with Gasteiger partial charge >= 0.3 is 0 Å². The molecular formula is C34H47N11O9. The zero-order valence-electron chi connectivity index (χ0n) is 30.0. The summed E-state index contributed by atoms with van der Waals surface area (Å²) in [5, 5.41) is 19.9. The number of nitrogens with zero attached hydrogens (tertiary/aromatic N) is 1. The van der Waals surface area contributed by atoms with Crippen molar-refractivity contribution < 1.29 is 43.2 Å². The molecule has 0 spiro atoms. The van der Waals surface area contributed by atoms with E-state index in [1.54, 1.807) is 30.3 Å². The smallest absolute Gasteiger partial charge is 0.243 e. The first-order valence-corrected chi connectivity index (χ1v) is 17.3. The minimum Gasteiger partial charge on any atom is -0.368 e. The zero-order chi connectivity index (χ0) is 39.6. The fourth-order valence-electron chi connectivity index (χ4n) is 5.28. The van der Waals surface area contributed by atoms with Crippen molar-refractivity contribution in [3.63, 3.8) is 0 Å². The maximum atomic E-state index is 13.9. The number of rotatable bonds is 8. The van der Waals surface area contributed by atoms with Crippen LogP contribution in [0.4, 0.5) is 0 Å². The molecule has 3 unspecified atom stereocenters. The lowest BCUT2D eigenvalue weighted by atomic mass is 10.0. The van der Waals surface area contributed by atoms with Crippen molar-refractivity contribution >= 4 is 53.2 Å². The maximum Gasteiger partial charge on any atom is 0.243 e. The first kappa shape index (κ1) is 42.1. The predicted octanol–water partition coefficient (Wildman–Crippen LogP) is -3.93. The number of primary amides is 1. The van der Waals surface area contributed by atoms with E-state index in [0.717, 1.165) is 0 Å². The summed E-state index contributed by atoms with van der Waals surface area (Å²) in [5.41, 5.74) is 6.55. The number of hydrogen-bond acceptors (Lipinski definition) is 10. The lowest BCUT2D eigenvalue weighted by Gasteiger charge is -2.25. The summed E-state index contributed by atoms with van der Waals surface area (Å²) in [7, 11) is 0. The molecular weight excluding hydrogens is 706 g/mol. The molecule has 1 saturated heterocycles. The minimum atomic E-state index is -1.51. The van der Waals surface area contributed by atoms with Crippen molar-refractivity contribution in [2.45, 2.75) is 82.6 Å². The van der Waals surface area contributed by atoms with Crippen molar-refractivity contribution in [2.75, 3.05) is 19.6 Å². The maximum absolute atomic E-state index is 13.9. The molecule has 3 rings (SSSR count). The van der Waals surface area contributed by atoms with E-state index in [-0.39, 0.29) is 25.8 Å². The number of amides is 9. The van der Waals surface area contributed by atoms with Crippen LogP contribution in [-0.4, -0.2) is 113 Å². The molecule has 292 valence electrons. The summed E-state index contributed by atoms with van der Waals surface area (Å²) in [6.45, 7) is 1.59. The highest BCUT2D eigenvalue weighted by Gasteiger charge is 2.32. The van der Waals surface area contributed by atoms with E-state index in [9.17, 15) is 43.2 Å². The number of hydrogen-bond donors (Lipinski definition) is 10. The molecule has 20 heteroatoms. The summed E-state index contributed by atoms with van der Waals surface area (Å²) in [6.07, 6.45) is 2.81. The second-order valence-corrected chi connectivity index (χ2v) is 12.6. The van der Waals surface area contributed by atoms with E-state index in [2.05, 4.69) is 52.5 Å². The van der Waals surface area contributed by atoms with E-state index >= 15 is 0 Å². The van der Waals surface area contributed by atoms with Gasteiger partial charge in [0.1, 0.15) is 30.2 Å². The number of imidazole rings is 1. The second kappa shape index (κ2) is 21.2. The highest BCUT2D eigenvalue weighted by atomic mass is 16.2. The molecule has 1 aliphatic heterocycles. The molecule has 0 saturated carbocycles. The number of aromatic amines is 1. The highest BCUT2D eigenvalue weighted by molar-refractivity contribution is 5.97. The quantitative estimate of drug-likeness (QED) is 0.125. The van der Waals surface area contributed by atoms with Crippen LogP contribution in [0, 0.1) is 0 Å². The third-order valence-electron chi connectivity index (χ3n) is 8.16. The molecule has 1 aromatic heterocycles. The van der Waals surface area contributed by atoms with Gasteiger partial charge in [-0.2, -0.15) is 0 Å². The van der Waals surface area contributed by atoms with Gasteiger partial charge in [0.2, 0.25) is 53.2 Å². The average Bonchev–Trinajstić information content (AvgIpc) is 3.64. The largest absolute Gasteiger partial charge is 0.368 e. The third-order valence-corrected chi connectivity index (χ3v) is 8.16. The molecule has 0 bridgehead atoms. The van der Waals surface area contributed by atoms with E-state index < -0.39 is 103 Å². The first-order valence-electron chi connectivity index (χ1n) is 17.3. The predicted molar refractivity (Wildman–Crippen MR) is 190 cm³/mol. The van der Waals surface area contributed by atoms with Gasteiger partial charge in [-0.05, 0) is 31.7 Å². The molecule has 0 radical (unpaired) electrons. The Balaban J connectivity index is 1.94. The topological polar surface area (TPSA) is 305 Å². The van der Waals surface area contributed by atoms with Crippen molar-refractivity contribution in [2.24, 2.45) is 5.73 Å². The molecule has 1 aromatic carbocycles. The normalized spacial score (nSPS) is 22.9. The Morgan fingerprint density at radius 1 is 0.833 bits per heavy atom. The summed E-state index contributed by atoms with van der Waals surface area (Å²) in [5.74, 6) is -6.71. The molecule has 11 N–H and O–H groups in total. The summed E-state index contributed by atoms with van der Waals surface area (Å²) < 4.78 is 0. The Kier molecular flexibility index (Phi) is 16.6. The molecule has 20 nitrogen and oxygen atoms in total. The molecule has 0 aliphatic carbocycles. The molecule has 9 amide bonds. The van der Waals surface area contributed by atoms with Gasteiger partial charge < -0.3 is 53.3 Å². The molecule has 1 aliphatic rings. The fourth-order valence-corrected chi connectivity index (χ4v) is 5.28. The van der Waals surface area contributed by atoms with Crippen LogP contribution in [-0.2, 0) is 56.0 Å². The fraction of sp³-hybridized carbons (Fsp3) is 0.471. The zero-order valence-corrected chi connectivity index (χ0v) is 30.0. The van der Waals surface area contributed by atoms with Crippen LogP contribution < -0.4 is 48.3 Å². The Bertz CT molecular complexity index is 1650. The number of nitrogens with two attached hydrogens (primary N) is 1. The van der Waals surface area contributed by atoms with Gasteiger partial charge in [0, 0.05) is 38.2 Å². The van der Waals surface area contributed by atoms with Crippen molar-refractivity contribution in [1.29, 1.82) is 0 Å². The summed E-state index contributed by atoms with van der Waals surface area (Å²) in [6, 6.07) is 2.31. The van der Waals surface area contributed by atoms with Gasteiger partial charge in [-0.15, -0.1) is 0 Å². The van der Waals surface area contributed by atoms with Crippen molar-refractivity contribution in [3.8, 4) is 0 Å². The molecule has 1 fully saturated rings. The van der Waals surface area contributed by atoms with Gasteiger partial charge in [0.25, 0.3) is 0 Å². The monoisotopic (exact) mass is 753 g/mol.